The molecule has 2 heterocycles. The van der Waals surface area contributed by atoms with E-state index in [1.165, 1.54) is 23.1 Å². The Morgan fingerprint density at radius 2 is 1.86 bits per heavy atom. The van der Waals surface area contributed by atoms with Crippen LogP contribution in [-0.2, 0) is 9.53 Å². The van der Waals surface area contributed by atoms with Crippen molar-refractivity contribution in [2.75, 3.05) is 12.4 Å². The van der Waals surface area contributed by atoms with Gasteiger partial charge >= 0.3 is 30.2 Å². The normalized spacial score (nSPS) is 13.0. The van der Waals surface area contributed by atoms with Gasteiger partial charge in [0.2, 0.25) is 0 Å². The number of hydrogen-bond donors (Lipinski definition) is 0. The zero-order chi connectivity index (χ0) is 21.9. The second kappa shape index (κ2) is 8.51. The molecule has 0 bridgehead atoms. The summed E-state index contributed by atoms with van der Waals surface area (Å²) in [5.41, 5.74) is 0. The molecule has 2 aromatic rings. The van der Waals surface area contributed by atoms with Crippen LogP contribution in [0.2, 0.25) is 0 Å². The van der Waals surface area contributed by atoms with Crippen LogP contribution in [0.1, 0.15) is 0 Å². The molecule has 2 aromatic heterocycles. The summed E-state index contributed by atoms with van der Waals surface area (Å²) in [6, 6.07) is 3.06. The zero-order valence-corrected chi connectivity index (χ0v) is 14.7. The molecule has 0 aliphatic rings. The highest BCUT2D eigenvalue weighted by molar-refractivity contribution is 7.99. The average Bonchev–Trinajstić information content (AvgIpc) is 3.19. The number of alkyl halides is 8. The van der Waals surface area contributed by atoms with Crippen LogP contribution in [-0.4, -0.2) is 62.3 Å². The first kappa shape index (κ1) is 22.8. The van der Waals surface area contributed by atoms with Crippen molar-refractivity contribution in [1.29, 1.82) is 0 Å². The number of carbonyl (C=O) groups is 1. The first-order valence-electron chi connectivity index (χ1n) is 7.41. The molecular formula is C14H10F8N4O2S. The number of rotatable bonds is 9. The molecule has 0 radical (unpaired) electrons. The monoisotopic (exact) mass is 450 g/mol. The van der Waals surface area contributed by atoms with Gasteiger partial charge in [0.15, 0.2) is 17.6 Å². The Morgan fingerprint density at radius 1 is 1.17 bits per heavy atom. The molecule has 0 amide bonds. The van der Waals surface area contributed by atoms with Gasteiger partial charge in [-0.05, 0) is 6.07 Å². The number of halogens is 8. The van der Waals surface area contributed by atoms with Crippen molar-refractivity contribution in [3.8, 4) is 5.82 Å². The zero-order valence-electron chi connectivity index (χ0n) is 13.9. The Balaban J connectivity index is 1.94. The molecule has 2 rings (SSSR count). The highest BCUT2D eigenvalue weighted by Crippen LogP contribution is 2.48. The van der Waals surface area contributed by atoms with E-state index in [2.05, 4.69) is 19.8 Å². The van der Waals surface area contributed by atoms with Crippen molar-refractivity contribution in [2.24, 2.45) is 0 Å². The van der Waals surface area contributed by atoms with Gasteiger partial charge in [-0.25, -0.2) is 23.4 Å². The van der Waals surface area contributed by atoms with Crippen LogP contribution in [0.25, 0.3) is 5.82 Å². The predicted octanol–water partition coefficient (Wildman–Crippen LogP) is 3.47. The number of ether oxygens (including phenoxy) is 1. The highest BCUT2D eigenvalue weighted by Gasteiger charge is 2.75. The maximum Gasteiger partial charge on any atom is 0.381 e. The van der Waals surface area contributed by atoms with E-state index < -0.39 is 42.5 Å². The molecule has 0 N–H and O–H groups in total. The van der Waals surface area contributed by atoms with E-state index in [1.807, 2.05) is 0 Å². The van der Waals surface area contributed by atoms with E-state index in [0.717, 1.165) is 0 Å². The lowest BCUT2D eigenvalue weighted by molar-refractivity contribution is -0.344. The molecule has 0 aromatic carbocycles. The van der Waals surface area contributed by atoms with E-state index in [1.54, 1.807) is 12.3 Å². The smallest absolute Gasteiger partial charge is 0.381 e. The summed E-state index contributed by atoms with van der Waals surface area (Å²) in [6.45, 7) is -2.52. The van der Waals surface area contributed by atoms with Crippen molar-refractivity contribution in [1.82, 2.24) is 19.7 Å². The van der Waals surface area contributed by atoms with Crippen molar-refractivity contribution in [3.05, 3.63) is 30.7 Å². The fourth-order valence-corrected chi connectivity index (χ4v) is 2.36. The first-order chi connectivity index (χ1) is 13.4. The SMILES string of the molecule is O=C(CSc1nccc(-n2cccn2)n1)OCC(F)(F)C(F)(F)C(F)(F)C(F)F. The van der Waals surface area contributed by atoms with Crippen LogP contribution in [0.3, 0.4) is 0 Å². The lowest BCUT2D eigenvalue weighted by Crippen LogP contribution is -2.59. The number of aromatic nitrogens is 4. The molecule has 0 spiro atoms. The van der Waals surface area contributed by atoms with Crippen LogP contribution < -0.4 is 0 Å². The molecule has 0 atom stereocenters. The summed E-state index contributed by atoms with van der Waals surface area (Å²) >= 11 is 0.570. The summed E-state index contributed by atoms with van der Waals surface area (Å²) in [5, 5.41) is 3.86. The Kier molecular flexibility index (Phi) is 6.70. The molecule has 0 unspecified atom stereocenters. The van der Waals surface area contributed by atoms with Gasteiger partial charge in [-0.1, -0.05) is 11.8 Å². The number of thioether (sulfide) groups is 1. The van der Waals surface area contributed by atoms with E-state index in [0.29, 0.717) is 17.6 Å². The quantitative estimate of drug-likeness (QED) is 0.252. The van der Waals surface area contributed by atoms with Gasteiger partial charge in [0, 0.05) is 24.7 Å². The van der Waals surface area contributed by atoms with Crippen molar-refractivity contribution >= 4 is 17.7 Å². The standard InChI is InChI=1S/C14H10F8N4O2S/c15-10(16)13(19,20)14(21,22)12(17,18)7-28-9(27)6-29-11-23-4-2-8(25-11)26-5-1-3-24-26/h1-5,10H,6-7H2. The molecule has 15 heteroatoms. The lowest BCUT2D eigenvalue weighted by atomic mass is 10.1. The molecule has 0 aliphatic carbocycles. The summed E-state index contributed by atoms with van der Waals surface area (Å²) in [4.78, 5) is 19.2. The Morgan fingerprint density at radius 3 is 2.45 bits per heavy atom. The molecule has 0 fully saturated rings. The van der Waals surface area contributed by atoms with Gasteiger partial charge in [-0.15, -0.1) is 0 Å². The summed E-state index contributed by atoms with van der Waals surface area (Å²) < 4.78 is 107. The molecular weight excluding hydrogens is 440 g/mol. The second-order valence-corrected chi connectivity index (χ2v) is 6.24. The average molecular weight is 450 g/mol. The van der Waals surface area contributed by atoms with Crippen molar-refractivity contribution < 1.29 is 44.7 Å². The number of carbonyl (C=O) groups excluding carboxylic acids is 1. The van der Waals surface area contributed by atoms with Crippen molar-refractivity contribution in [3.63, 3.8) is 0 Å². The van der Waals surface area contributed by atoms with Crippen molar-refractivity contribution in [2.45, 2.75) is 29.3 Å². The fourth-order valence-electron chi connectivity index (χ4n) is 1.74. The molecule has 6 nitrogen and oxygen atoms in total. The summed E-state index contributed by atoms with van der Waals surface area (Å²) in [5.74, 6) is -20.4. The third-order valence-electron chi connectivity index (χ3n) is 3.24. The van der Waals surface area contributed by atoms with Gasteiger partial charge in [-0.2, -0.15) is 31.4 Å². The summed E-state index contributed by atoms with van der Waals surface area (Å²) in [6.07, 6.45) is -0.755. The Hall–Kier alpha value is -2.45. The van der Waals surface area contributed by atoms with E-state index in [-0.39, 0.29) is 5.16 Å². The molecule has 160 valence electrons. The van der Waals surface area contributed by atoms with Crippen LogP contribution in [0.5, 0.6) is 0 Å². The maximum atomic E-state index is 13.3. The second-order valence-electron chi connectivity index (χ2n) is 5.30. The predicted molar refractivity (Wildman–Crippen MR) is 81.7 cm³/mol. The minimum atomic E-state index is -6.44. The minimum absolute atomic E-state index is 0.0312. The van der Waals surface area contributed by atoms with Gasteiger partial charge in [-0.3, -0.25) is 4.79 Å². The van der Waals surface area contributed by atoms with Gasteiger partial charge < -0.3 is 4.74 Å². The molecule has 0 saturated heterocycles. The third kappa shape index (κ3) is 4.94. The van der Waals surface area contributed by atoms with Crippen LogP contribution in [0.4, 0.5) is 35.1 Å². The van der Waals surface area contributed by atoms with Crippen LogP contribution in [0.15, 0.2) is 35.9 Å². The molecule has 0 aliphatic heterocycles. The Bertz CT molecular complexity index is 835. The summed E-state index contributed by atoms with van der Waals surface area (Å²) in [7, 11) is 0. The van der Waals surface area contributed by atoms with Gasteiger partial charge in [0.05, 0.1) is 5.75 Å². The van der Waals surface area contributed by atoms with Crippen LogP contribution in [0, 0.1) is 0 Å². The highest BCUT2D eigenvalue weighted by atomic mass is 32.2. The first-order valence-corrected chi connectivity index (χ1v) is 8.40. The lowest BCUT2D eigenvalue weighted by Gasteiger charge is -2.31. The molecule has 0 saturated carbocycles. The van der Waals surface area contributed by atoms with Crippen LogP contribution >= 0.6 is 11.8 Å². The minimum Gasteiger partial charge on any atom is -0.458 e. The Labute approximate surface area is 161 Å². The number of esters is 1. The molecule has 29 heavy (non-hydrogen) atoms. The van der Waals surface area contributed by atoms with E-state index >= 15 is 0 Å². The number of nitrogens with zero attached hydrogens (tertiary/aromatic N) is 4. The van der Waals surface area contributed by atoms with Gasteiger partial charge in [0.1, 0.15) is 0 Å². The van der Waals surface area contributed by atoms with E-state index in [4.69, 9.17) is 0 Å². The van der Waals surface area contributed by atoms with Gasteiger partial charge in [0.25, 0.3) is 0 Å². The number of hydrogen-bond acceptors (Lipinski definition) is 6. The third-order valence-corrected chi connectivity index (χ3v) is 4.08. The largest absolute Gasteiger partial charge is 0.458 e. The maximum absolute atomic E-state index is 13.3. The topological polar surface area (TPSA) is 69.9 Å². The fraction of sp³-hybridized carbons (Fsp3) is 0.429. The van der Waals surface area contributed by atoms with E-state index in [9.17, 15) is 39.9 Å².